The summed E-state index contributed by atoms with van der Waals surface area (Å²) >= 11 is 0. The number of hydrogen-bond donors (Lipinski definition) is 2. The maximum absolute atomic E-state index is 11.0. The van der Waals surface area contributed by atoms with Crippen LogP contribution in [0.2, 0.25) is 0 Å². The molecule has 5 heteroatoms. The van der Waals surface area contributed by atoms with Gasteiger partial charge in [-0.25, -0.2) is 0 Å². The van der Waals surface area contributed by atoms with Crippen LogP contribution in [0.4, 0.5) is 0 Å². The Balaban J connectivity index is 2.81. The summed E-state index contributed by atoms with van der Waals surface area (Å²) in [6.45, 7) is 5.73. The highest BCUT2D eigenvalue weighted by Gasteiger charge is 2.28. The molecule has 1 aromatic rings. The molecule has 0 spiro atoms. The maximum atomic E-state index is 11.0. The molecule has 0 saturated heterocycles. The van der Waals surface area contributed by atoms with E-state index in [1.165, 1.54) is 0 Å². The highest BCUT2D eigenvalue weighted by molar-refractivity contribution is 5.73. The van der Waals surface area contributed by atoms with Crippen LogP contribution in [0, 0.1) is 12.3 Å². The Morgan fingerprint density at radius 1 is 1.50 bits per heavy atom. The average Bonchev–Trinajstić information content (AvgIpc) is 2.28. The van der Waals surface area contributed by atoms with Crippen molar-refractivity contribution in [2.75, 3.05) is 13.2 Å². The van der Waals surface area contributed by atoms with Crippen molar-refractivity contribution in [1.29, 1.82) is 0 Å². The Hall–Kier alpha value is -1.62. The topological polar surface area (TPSA) is 85.4 Å². The molecular formula is C13H20N2O3. The van der Waals surface area contributed by atoms with Crippen molar-refractivity contribution in [2.45, 2.75) is 27.2 Å². The van der Waals surface area contributed by atoms with Crippen LogP contribution in [0.15, 0.2) is 12.1 Å². The first kappa shape index (κ1) is 14.4. The highest BCUT2D eigenvalue weighted by atomic mass is 16.5. The number of rotatable bonds is 6. The molecule has 0 amide bonds. The fourth-order valence-corrected chi connectivity index (χ4v) is 1.36. The van der Waals surface area contributed by atoms with Crippen LogP contribution in [0.25, 0.3) is 0 Å². The van der Waals surface area contributed by atoms with Crippen LogP contribution in [-0.2, 0) is 11.2 Å². The quantitative estimate of drug-likeness (QED) is 0.799. The summed E-state index contributed by atoms with van der Waals surface area (Å²) in [4.78, 5) is 15.3. The van der Waals surface area contributed by atoms with Gasteiger partial charge in [0.25, 0.3) is 0 Å². The number of aryl methyl sites for hydroxylation is 1. The van der Waals surface area contributed by atoms with Gasteiger partial charge < -0.3 is 15.6 Å². The van der Waals surface area contributed by atoms with Crippen molar-refractivity contribution in [3.63, 3.8) is 0 Å². The molecule has 0 aliphatic carbocycles. The molecule has 0 bridgehead atoms. The van der Waals surface area contributed by atoms with Gasteiger partial charge in [-0.15, -0.1) is 0 Å². The smallest absolute Gasteiger partial charge is 0.312 e. The van der Waals surface area contributed by atoms with E-state index in [0.717, 1.165) is 11.4 Å². The molecule has 0 aliphatic rings. The van der Waals surface area contributed by atoms with E-state index < -0.39 is 11.4 Å². The monoisotopic (exact) mass is 252 g/mol. The van der Waals surface area contributed by atoms with Crippen molar-refractivity contribution in [3.8, 4) is 5.75 Å². The number of carboxylic acid groups (broad SMARTS) is 1. The van der Waals surface area contributed by atoms with Gasteiger partial charge in [-0.1, -0.05) is 0 Å². The number of pyridine rings is 1. The van der Waals surface area contributed by atoms with E-state index >= 15 is 0 Å². The summed E-state index contributed by atoms with van der Waals surface area (Å²) in [6.07, 6.45) is 0.616. The minimum absolute atomic E-state index is 0.102. The predicted molar refractivity (Wildman–Crippen MR) is 68.6 cm³/mol. The van der Waals surface area contributed by atoms with E-state index in [1.54, 1.807) is 13.8 Å². The third-order valence-corrected chi connectivity index (χ3v) is 2.62. The summed E-state index contributed by atoms with van der Waals surface area (Å²) in [7, 11) is 0. The molecule has 3 N–H and O–H groups in total. The molecule has 100 valence electrons. The second-order valence-electron chi connectivity index (χ2n) is 4.91. The zero-order valence-corrected chi connectivity index (χ0v) is 11.1. The van der Waals surface area contributed by atoms with Crippen molar-refractivity contribution in [1.82, 2.24) is 4.98 Å². The molecule has 0 fully saturated rings. The fourth-order valence-electron chi connectivity index (χ4n) is 1.36. The van der Waals surface area contributed by atoms with Gasteiger partial charge >= 0.3 is 5.97 Å². The Morgan fingerprint density at radius 2 is 2.17 bits per heavy atom. The molecule has 18 heavy (non-hydrogen) atoms. The molecule has 1 rings (SSSR count). The molecule has 0 unspecified atom stereocenters. The predicted octanol–water partition coefficient (Wildman–Crippen LogP) is 1.38. The van der Waals surface area contributed by atoms with Gasteiger partial charge in [0.05, 0.1) is 11.1 Å². The average molecular weight is 252 g/mol. The van der Waals surface area contributed by atoms with Crippen LogP contribution < -0.4 is 10.5 Å². The van der Waals surface area contributed by atoms with Gasteiger partial charge in [0.1, 0.15) is 12.4 Å². The molecule has 1 aromatic heterocycles. The van der Waals surface area contributed by atoms with E-state index in [-0.39, 0.29) is 6.61 Å². The molecule has 0 aliphatic heterocycles. The van der Waals surface area contributed by atoms with Crippen LogP contribution in [0.1, 0.15) is 25.2 Å². The van der Waals surface area contributed by atoms with Gasteiger partial charge in [0, 0.05) is 12.1 Å². The molecular weight excluding hydrogens is 232 g/mol. The minimum Gasteiger partial charge on any atom is -0.491 e. The van der Waals surface area contributed by atoms with Crippen molar-refractivity contribution < 1.29 is 14.6 Å². The normalized spacial score (nSPS) is 11.3. The molecule has 1 heterocycles. The lowest BCUT2D eigenvalue weighted by atomic mass is 9.95. The molecule has 0 saturated carbocycles. The third-order valence-electron chi connectivity index (χ3n) is 2.62. The Morgan fingerprint density at radius 3 is 2.72 bits per heavy atom. The van der Waals surface area contributed by atoms with Crippen LogP contribution in [0.5, 0.6) is 5.75 Å². The maximum Gasteiger partial charge on any atom is 0.312 e. The molecule has 5 nitrogen and oxygen atoms in total. The van der Waals surface area contributed by atoms with Gasteiger partial charge in [-0.3, -0.25) is 9.78 Å². The number of hydrogen-bond acceptors (Lipinski definition) is 4. The minimum atomic E-state index is -0.926. The van der Waals surface area contributed by atoms with Crippen LogP contribution >= 0.6 is 0 Å². The first-order chi connectivity index (χ1) is 8.36. The lowest BCUT2D eigenvalue weighted by Crippen LogP contribution is -2.31. The number of carbonyl (C=O) groups is 1. The summed E-state index contributed by atoms with van der Waals surface area (Å²) in [5.74, 6) is -0.275. The Kier molecular flexibility index (Phi) is 4.67. The summed E-state index contributed by atoms with van der Waals surface area (Å²) in [5, 5.41) is 9.02. The number of ether oxygens (including phenoxy) is 1. The molecule has 0 aromatic carbocycles. The zero-order valence-electron chi connectivity index (χ0n) is 11.1. The first-order valence-corrected chi connectivity index (χ1v) is 5.89. The zero-order chi connectivity index (χ0) is 13.8. The summed E-state index contributed by atoms with van der Waals surface area (Å²) < 4.78 is 5.57. The van der Waals surface area contributed by atoms with Gasteiger partial charge in [0.15, 0.2) is 0 Å². The second-order valence-corrected chi connectivity index (χ2v) is 4.91. The highest BCUT2D eigenvalue weighted by Crippen LogP contribution is 2.22. The standard InChI is InChI=1S/C13H20N2O3/c1-9-4-5-11(10(15-9)6-7-14)18-8-13(2,3)12(16)17/h4-5H,6-8,14H2,1-3H3,(H,16,17). The summed E-state index contributed by atoms with van der Waals surface area (Å²) in [6, 6.07) is 3.65. The third kappa shape index (κ3) is 3.70. The fraction of sp³-hybridized carbons (Fsp3) is 0.538. The SMILES string of the molecule is Cc1ccc(OCC(C)(C)C(=O)O)c(CCN)n1. The van der Waals surface area contributed by atoms with Gasteiger partial charge in [-0.2, -0.15) is 0 Å². The lowest BCUT2D eigenvalue weighted by Gasteiger charge is -2.20. The first-order valence-electron chi connectivity index (χ1n) is 5.89. The van der Waals surface area contributed by atoms with E-state index in [2.05, 4.69) is 4.98 Å². The molecule has 0 radical (unpaired) electrons. The number of nitrogens with two attached hydrogens (primary N) is 1. The van der Waals surface area contributed by atoms with Crippen molar-refractivity contribution >= 4 is 5.97 Å². The van der Waals surface area contributed by atoms with E-state index in [9.17, 15) is 4.79 Å². The Bertz CT molecular complexity index is 430. The van der Waals surface area contributed by atoms with E-state index in [1.807, 2.05) is 19.1 Å². The van der Waals surface area contributed by atoms with Crippen molar-refractivity contribution in [2.24, 2.45) is 11.1 Å². The molecule has 0 atom stereocenters. The number of nitrogens with zero attached hydrogens (tertiary/aromatic N) is 1. The van der Waals surface area contributed by atoms with Crippen molar-refractivity contribution in [3.05, 3.63) is 23.5 Å². The number of carboxylic acids is 1. The van der Waals surface area contributed by atoms with E-state index in [0.29, 0.717) is 18.7 Å². The van der Waals surface area contributed by atoms with Gasteiger partial charge in [-0.05, 0) is 39.4 Å². The summed E-state index contributed by atoms with van der Waals surface area (Å²) in [5.41, 5.74) is 6.26. The van der Waals surface area contributed by atoms with E-state index in [4.69, 9.17) is 15.6 Å². The van der Waals surface area contributed by atoms with Crippen LogP contribution in [0.3, 0.4) is 0 Å². The number of aliphatic carboxylic acids is 1. The second kappa shape index (κ2) is 5.82. The van der Waals surface area contributed by atoms with Gasteiger partial charge in [0.2, 0.25) is 0 Å². The number of aromatic nitrogens is 1. The largest absolute Gasteiger partial charge is 0.491 e. The Labute approximate surface area is 107 Å². The van der Waals surface area contributed by atoms with Crippen LogP contribution in [-0.4, -0.2) is 29.2 Å². The lowest BCUT2D eigenvalue weighted by molar-refractivity contribution is -0.148.